The molecule has 2 aromatic rings. The second-order valence-electron chi connectivity index (χ2n) is 4.71. The SMILES string of the molecule is CCNC(=NCc1c(C)noc1C)NCc1scnc1C.I. The van der Waals surface area contributed by atoms with Crippen molar-refractivity contribution in [1.29, 1.82) is 0 Å². The third-order valence-corrected chi connectivity index (χ3v) is 4.12. The summed E-state index contributed by atoms with van der Waals surface area (Å²) in [5, 5.41) is 10.5. The third-order valence-electron chi connectivity index (χ3n) is 3.18. The van der Waals surface area contributed by atoms with Crippen LogP contribution >= 0.6 is 35.3 Å². The van der Waals surface area contributed by atoms with E-state index in [0.29, 0.717) is 6.54 Å². The number of rotatable bonds is 5. The molecular formula is C14H22IN5OS. The minimum absolute atomic E-state index is 0. The molecule has 2 rings (SSSR count). The molecule has 0 aliphatic carbocycles. The summed E-state index contributed by atoms with van der Waals surface area (Å²) in [5.41, 5.74) is 4.86. The van der Waals surface area contributed by atoms with Gasteiger partial charge >= 0.3 is 0 Å². The summed E-state index contributed by atoms with van der Waals surface area (Å²) >= 11 is 1.65. The zero-order valence-electron chi connectivity index (χ0n) is 13.3. The first-order valence-corrected chi connectivity index (χ1v) is 7.82. The molecule has 0 amide bonds. The van der Waals surface area contributed by atoms with E-state index in [4.69, 9.17) is 4.52 Å². The Morgan fingerprint density at radius 2 is 2.05 bits per heavy atom. The molecule has 122 valence electrons. The number of thiazole rings is 1. The highest BCUT2D eigenvalue weighted by molar-refractivity contribution is 14.0. The Morgan fingerprint density at radius 1 is 1.27 bits per heavy atom. The Kier molecular flexibility index (Phi) is 7.80. The number of hydrogen-bond acceptors (Lipinski definition) is 5. The lowest BCUT2D eigenvalue weighted by atomic mass is 10.2. The lowest BCUT2D eigenvalue weighted by molar-refractivity contribution is 0.392. The van der Waals surface area contributed by atoms with Crippen molar-refractivity contribution in [2.75, 3.05) is 6.54 Å². The fourth-order valence-electron chi connectivity index (χ4n) is 1.89. The van der Waals surface area contributed by atoms with E-state index in [0.717, 1.165) is 41.8 Å². The van der Waals surface area contributed by atoms with Gasteiger partial charge in [-0.3, -0.25) is 0 Å². The number of aryl methyl sites for hydroxylation is 3. The third kappa shape index (κ3) is 4.94. The Hall–Kier alpha value is -1.16. The van der Waals surface area contributed by atoms with Crippen LogP contribution < -0.4 is 10.6 Å². The highest BCUT2D eigenvalue weighted by atomic mass is 127. The van der Waals surface area contributed by atoms with Crippen molar-refractivity contribution in [3.8, 4) is 0 Å². The van der Waals surface area contributed by atoms with E-state index < -0.39 is 0 Å². The number of nitrogens with zero attached hydrogens (tertiary/aromatic N) is 3. The molecular weight excluding hydrogens is 413 g/mol. The molecule has 0 unspecified atom stereocenters. The molecule has 6 nitrogen and oxygen atoms in total. The molecule has 0 radical (unpaired) electrons. The first kappa shape index (κ1) is 18.9. The van der Waals surface area contributed by atoms with Gasteiger partial charge in [0.05, 0.1) is 30.0 Å². The summed E-state index contributed by atoms with van der Waals surface area (Å²) < 4.78 is 5.16. The van der Waals surface area contributed by atoms with Crippen molar-refractivity contribution in [1.82, 2.24) is 20.8 Å². The van der Waals surface area contributed by atoms with Crippen LogP contribution in [0.3, 0.4) is 0 Å². The maximum Gasteiger partial charge on any atom is 0.191 e. The van der Waals surface area contributed by atoms with Gasteiger partial charge in [-0.1, -0.05) is 5.16 Å². The van der Waals surface area contributed by atoms with E-state index >= 15 is 0 Å². The minimum atomic E-state index is 0. The van der Waals surface area contributed by atoms with Gasteiger partial charge in [0.2, 0.25) is 0 Å². The Labute approximate surface area is 151 Å². The molecule has 22 heavy (non-hydrogen) atoms. The summed E-state index contributed by atoms with van der Waals surface area (Å²) in [7, 11) is 0. The van der Waals surface area contributed by atoms with Crippen molar-refractivity contribution in [3.63, 3.8) is 0 Å². The number of nitrogens with one attached hydrogen (secondary N) is 2. The zero-order valence-corrected chi connectivity index (χ0v) is 16.4. The summed E-state index contributed by atoms with van der Waals surface area (Å²) in [4.78, 5) is 10.1. The van der Waals surface area contributed by atoms with Gasteiger partial charge in [-0.25, -0.2) is 9.98 Å². The molecule has 0 saturated heterocycles. The monoisotopic (exact) mass is 435 g/mol. The van der Waals surface area contributed by atoms with E-state index in [1.165, 1.54) is 4.88 Å². The van der Waals surface area contributed by atoms with E-state index in [-0.39, 0.29) is 24.0 Å². The molecule has 0 aliphatic rings. The van der Waals surface area contributed by atoms with Gasteiger partial charge in [-0.05, 0) is 27.7 Å². The lowest BCUT2D eigenvalue weighted by Crippen LogP contribution is -2.36. The lowest BCUT2D eigenvalue weighted by Gasteiger charge is -2.10. The van der Waals surface area contributed by atoms with Crippen LogP contribution in [0, 0.1) is 20.8 Å². The maximum absolute atomic E-state index is 5.16. The van der Waals surface area contributed by atoms with Gasteiger partial charge in [0.15, 0.2) is 5.96 Å². The quantitative estimate of drug-likeness (QED) is 0.429. The fourth-order valence-corrected chi connectivity index (χ4v) is 2.60. The van der Waals surface area contributed by atoms with E-state index in [1.54, 1.807) is 11.3 Å². The number of hydrogen-bond donors (Lipinski definition) is 2. The van der Waals surface area contributed by atoms with Gasteiger partial charge in [-0.15, -0.1) is 35.3 Å². The van der Waals surface area contributed by atoms with E-state index in [1.807, 2.05) is 33.2 Å². The van der Waals surface area contributed by atoms with Crippen molar-refractivity contribution >= 4 is 41.3 Å². The van der Waals surface area contributed by atoms with Crippen molar-refractivity contribution < 1.29 is 4.52 Å². The van der Waals surface area contributed by atoms with Gasteiger partial charge in [-0.2, -0.15) is 0 Å². The molecule has 2 heterocycles. The van der Waals surface area contributed by atoms with Crippen LogP contribution in [0.4, 0.5) is 0 Å². The van der Waals surface area contributed by atoms with Crippen molar-refractivity contribution in [2.24, 2.45) is 4.99 Å². The molecule has 0 spiro atoms. The van der Waals surface area contributed by atoms with Crippen LogP contribution in [0.5, 0.6) is 0 Å². The number of halogens is 1. The molecule has 0 aromatic carbocycles. The predicted molar refractivity (Wildman–Crippen MR) is 99.9 cm³/mol. The Bertz CT molecular complexity index is 603. The minimum Gasteiger partial charge on any atom is -0.361 e. The fraction of sp³-hybridized carbons (Fsp3) is 0.500. The second kappa shape index (κ2) is 9.09. The maximum atomic E-state index is 5.16. The van der Waals surface area contributed by atoms with Crippen molar-refractivity contribution in [3.05, 3.63) is 33.1 Å². The first-order valence-electron chi connectivity index (χ1n) is 6.94. The molecule has 2 N–H and O–H groups in total. The average molecular weight is 435 g/mol. The second-order valence-corrected chi connectivity index (χ2v) is 5.65. The number of aliphatic imine (C=N–C) groups is 1. The van der Waals surface area contributed by atoms with Crippen LogP contribution in [0.25, 0.3) is 0 Å². The average Bonchev–Trinajstić information content (AvgIpc) is 3.00. The smallest absolute Gasteiger partial charge is 0.191 e. The first-order chi connectivity index (χ1) is 10.1. The highest BCUT2D eigenvalue weighted by Gasteiger charge is 2.09. The van der Waals surface area contributed by atoms with Crippen molar-refractivity contribution in [2.45, 2.75) is 40.8 Å². The van der Waals surface area contributed by atoms with Crippen LogP contribution in [-0.4, -0.2) is 22.6 Å². The van der Waals surface area contributed by atoms with Crippen LogP contribution in [0.2, 0.25) is 0 Å². The van der Waals surface area contributed by atoms with Crippen LogP contribution in [0.15, 0.2) is 15.0 Å². The molecule has 0 bridgehead atoms. The molecule has 8 heteroatoms. The van der Waals surface area contributed by atoms with Gasteiger partial charge in [0, 0.05) is 17.0 Å². The van der Waals surface area contributed by atoms with Crippen LogP contribution in [0.1, 0.15) is 34.5 Å². The van der Waals surface area contributed by atoms with Gasteiger partial charge in [0.25, 0.3) is 0 Å². The molecule has 0 saturated carbocycles. The zero-order chi connectivity index (χ0) is 15.2. The normalized spacial score (nSPS) is 11.2. The summed E-state index contributed by atoms with van der Waals surface area (Å²) in [5.74, 6) is 1.61. The van der Waals surface area contributed by atoms with Gasteiger partial charge in [0.1, 0.15) is 5.76 Å². The summed E-state index contributed by atoms with van der Waals surface area (Å²) in [6.07, 6.45) is 0. The van der Waals surface area contributed by atoms with Gasteiger partial charge < -0.3 is 15.2 Å². The topological polar surface area (TPSA) is 75.3 Å². The molecule has 0 atom stereocenters. The Morgan fingerprint density at radius 3 is 2.59 bits per heavy atom. The summed E-state index contributed by atoms with van der Waals surface area (Å²) in [6.45, 7) is 10.00. The summed E-state index contributed by atoms with van der Waals surface area (Å²) in [6, 6.07) is 0. The van der Waals surface area contributed by atoms with Crippen LogP contribution in [-0.2, 0) is 13.1 Å². The standard InChI is InChI=1S/C14H21N5OS.HI/c1-5-15-14(17-7-13-10(3)18-8-21-13)16-6-12-9(2)19-20-11(12)4;/h8H,5-7H2,1-4H3,(H2,15,16,17);1H. The predicted octanol–water partition coefficient (Wildman–Crippen LogP) is 2.93. The molecule has 0 aliphatic heterocycles. The Balaban J connectivity index is 0.00000242. The van der Waals surface area contributed by atoms with E-state index in [2.05, 4.69) is 25.8 Å². The largest absolute Gasteiger partial charge is 0.361 e. The number of aromatic nitrogens is 2. The highest BCUT2D eigenvalue weighted by Crippen LogP contribution is 2.13. The molecule has 0 fully saturated rings. The number of guanidine groups is 1. The van der Waals surface area contributed by atoms with E-state index in [9.17, 15) is 0 Å². The molecule has 2 aromatic heterocycles.